The van der Waals surface area contributed by atoms with Gasteiger partial charge in [-0.25, -0.2) is 14.8 Å². The van der Waals surface area contributed by atoms with Crippen molar-refractivity contribution in [3.63, 3.8) is 0 Å². The van der Waals surface area contributed by atoms with E-state index in [1.54, 1.807) is 0 Å². The molecular weight excluding hydrogens is 218 g/mol. The first-order valence-corrected chi connectivity index (χ1v) is 5.90. The van der Waals surface area contributed by atoms with Gasteiger partial charge in [0, 0.05) is 12.7 Å². The number of hydrogen-bond donors (Lipinski definition) is 2. The van der Waals surface area contributed by atoms with E-state index in [9.17, 15) is 4.79 Å². The van der Waals surface area contributed by atoms with Crippen molar-refractivity contribution in [1.29, 1.82) is 0 Å². The first-order chi connectivity index (χ1) is 8.09. The van der Waals surface area contributed by atoms with E-state index in [2.05, 4.69) is 29.1 Å². The Kier molecular flexibility index (Phi) is 5.39. The number of carbonyl (C=O) groups is 1. The topological polar surface area (TPSA) is 75.1 Å². The average molecular weight is 237 g/mol. The van der Waals surface area contributed by atoms with Crippen molar-refractivity contribution in [2.45, 2.75) is 33.1 Å². The van der Waals surface area contributed by atoms with Gasteiger partial charge >= 0.3 is 5.97 Å². The Bertz CT molecular complexity index is 367. The molecule has 5 nitrogen and oxygen atoms in total. The Balaban J connectivity index is 2.31. The second kappa shape index (κ2) is 6.83. The molecule has 0 aromatic carbocycles. The molecule has 0 unspecified atom stereocenters. The summed E-state index contributed by atoms with van der Waals surface area (Å²) in [6.07, 6.45) is 4.85. The highest BCUT2D eigenvalue weighted by Crippen LogP contribution is 2.06. The molecule has 0 aliphatic heterocycles. The number of hydrogen-bond acceptors (Lipinski definition) is 4. The van der Waals surface area contributed by atoms with Crippen molar-refractivity contribution in [1.82, 2.24) is 9.97 Å². The first-order valence-electron chi connectivity index (χ1n) is 5.90. The van der Waals surface area contributed by atoms with Crippen LogP contribution < -0.4 is 5.32 Å². The standard InChI is InChI=1S/C12H19N3O2/c1-9(2)5-3-4-7-13-12-14-8-6-10(15-12)11(16)17/h6,8-9H,3-5,7H2,1-2H3,(H,16,17)(H,13,14,15). The van der Waals surface area contributed by atoms with Crippen molar-refractivity contribution in [3.05, 3.63) is 18.0 Å². The molecule has 0 aliphatic rings. The molecule has 0 spiro atoms. The third-order valence-corrected chi connectivity index (χ3v) is 2.37. The van der Waals surface area contributed by atoms with E-state index in [1.807, 2.05) is 0 Å². The van der Waals surface area contributed by atoms with Gasteiger partial charge in [0.05, 0.1) is 0 Å². The minimum absolute atomic E-state index is 0.0182. The molecular formula is C12H19N3O2. The van der Waals surface area contributed by atoms with Crippen molar-refractivity contribution in [3.8, 4) is 0 Å². The zero-order chi connectivity index (χ0) is 12.7. The third-order valence-electron chi connectivity index (χ3n) is 2.37. The highest BCUT2D eigenvalue weighted by atomic mass is 16.4. The Hall–Kier alpha value is -1.65. The van der Waals surface area contributed by atoms with Crippen LogP contribution in [-0.4, -0.2) is 27.6 Å². The first kappa shape index (κ1) is 13.4. The largest absolute Gasteiger partial charge is 0.477 e. The molecule has 0 fully saturated rings. The number of rotatable bonds is 7. The van der Waals surface area contributed by atoms with Gasteiger partial charge < -0.3 is 10.4 Å². The molecule has 0 aliphatic carbocycles. The Morgan fingerprint density at radius 3 is 2.88 bits per heavy atom. The van der Waals surface area contributed by atoms with Crippen molar-refractivity contribution in [2.75, 3.05) is 11.9 Å². The fraction of sp³-hybridized carbons (Fsp3) is 0.583. The number of nitrogens with one attached hydrogen (secondary N) is 1. The molecule has 0 saturated carbocycles. The highest BCUT2D eigenvalue weighted by molar-refractivity contribution is 5.85. The van der Waals surface area contributed by atoms with Gasteiger partial charge in [-0.15, -0.1) is 0 Å². The number of carboxylic acids is 1. The van der Waals surface area contributed by atoms with Crippen LogP contribution in [0.1, 0.15) is 43.6 Å². The van der Waals surface area contributed by atoms with Gasteiger partial charge in [0.1, 0.15) is 0 Å². The van der Waals surface area contributed by atoms with Crippen LogP contribution in [0.15, 0.2) is 12.3 Å². The molecule has 1 rings (SSSR count). The number of unbranched alkanes of at least 4 members (excludes halogenated alkanes) is 1. The van der Waals surface area contributed by atoms with E-state index in [0.717, 1.165) is 25.3 Å². The van der Waals surface area contributed by atoms with Gasteiger partial charge in [-0.2, -0.15) is 0 Å². The second-order valence-electron chi connectivity index (χ2n) is 4.39. The molecule has 1 aromatic heterocycles. The summed E-state index contributed by atoms with van der Waals surface area (Å²) >= 11 is 0. The molecule has 0 saturated heterocycles. The predicted molar refractivity (Wildman–Crippen MR) is 66.2 cm³/mol. The fourth-order valence-corrected chi connectivity index (χ4v) is 1.44. The van der Waals surface area contributed by atoms with Gasteiger partial charge in [-0.3, -0.25) is 0 Å². The van der Waals surface area contributed by atoms with Crippen LogP contribution in [-0.2, 0) is 0 Å². The van der Waals surface area contributed by atoms with E-state index >= 15 is 0 Å². The molecule has 17 heavy (non-hydrogen) atoms. The molecule has 0 bridgehead atoms. The highest BCUT2D eigenvalue weighted by Gasteiger charge is 2.05. The minimum atomic E-state index is -1.03. The molecule has 1 aromatic rings. The summed E-state index contributed by atoms with van der Waals surface area (Å²) in [7, 11) is 0. The van der Waals surface area contributed by atoms with Gasteiger partial charge in [0.2, 0.25) is 5.95 Å². The summed E-state index contributed by atoms with van der Waals surface area (Å²) in [5.74, 6) is 0.0753. The Labute approximate surface area is 101 Å². The molecule has 0 amide bonds. The van der Waals surface area contributed by atoms with E-state index in [4.69, 9.17) is 5.11 Å². The zero-order valence-electron chi connectivity index (χ0n) is 10.3. The van der Waals surface area contributed by atoms with Crippen LogP contribution in [0.4, 0.5) is 5.95 Å². The quantitative estimate of drug-likeness (QED) is 0.712. The van der Waals surface area contributed by atoms with E-state index < -0.39 is 5.97 Å². The summed E-state index contributed by atoms with van der Waals surface area (Å²) in [6.45, 7) is 5.18. The van der Waals surface area contributed by atoms with Crippen molar-refractivity contribution < 1.29 is 9.90 Å². The summed E-state index contributed by atoms with van der Waals surface area (Å²) < 4.78 is 0. The van der Waals surface area contributed by atoms with Crippen LogP contribution in [0, 0.1) is 5.92 Å². The molecule has 0 radical (unpaired) electrons. The van der Waals surface area contributed by atoms with Gasteiger partial charge in [-0.1, -0.05) is 26.7 Å². The fourth-order valence-electron chi connectivity index (χ4n) is 1.44. The van der Waals surface area contributed by atoms with Gasteiger partial charge in [-0.05, 0) is 18.4 Å². The number of aromatic carboxylic acids is 1. The van der Waals surface area contributed by atoms with Crippen LogP contribution in [0.2, 0.25) is 0 Å². The van der Waals surface area contributed by atoms with Crippen LogP contribution in [0.25, 0.3) is 0 Å². The minimum Gasteiger partial charge on any atom is -0.477 e. The lowest BCUT2D eigenvalue weighted by Gasteiger charge is -2.06. The van der Waals surface area contributed by atoms with E-state index in [0.29, 0.717) is 5.95 Å². The Morgan fingerprint density at radius 2 is 2.24 bits per heavy atom. The molecule has 0 atom stereocenters. The maximum atomic E-state index is 10.7. The Morgan fingerprint density at radius 1 is 1.47 bits per heavy atom. The number of anilines is 1. The monoisotopic (exact) mass is 237 g/mol. The molecule has 2 N–H and O–H groups in total. The SMILES string of the molecule is CC(C)CCCCNc1nccc(C(=O)O)n1. The maximum Gasteiger partial charge on any atom is 0.354 e. The molecule has 1 heterocycles. The summed E-state index contributed by atoms with van der Waals surface area (Å²) in [6, 6.07) is 1.38. The lowest BCUT2D eigenvalue weighted by molar-refractivity contribution is 0.0690. The van der Waals surface area contributed by atoms with E-state index in [1.165, 1.54) is 18.7 Å². The van der Waals surface area contributed by atoms with Gasteiger partial charge in [0.25, 0.3) is 0 Å². The van der Waals surface area contributed by atoms with Crippen molar-refractivity contribution >= 4 is 11.9 Å². The van der Waals surface area contributed by atoms with Crippen molar-refractivity contribution in [2.24, 2.45) is 5.92 Å². The average Bonchev–Trinajstić information content (AvgIpc) is 2.28. The lowest BCUT2D eigenvalue weighted by Crippen LogP contribution is -2.09. The number of carboxylic acid groups (broad SMARTS) is 1. The lowest BCUT2D eigenvalue weighted by atomic mass is 10.1. The van der Waals surface area contributed by atoms with E-state index in [-0.39, 0.29) is 5.69 Å². The maximum absolute atomic E-state index is 10.7. The zero-order valence-corrected chi connectivity index (χ0v) is 10.3. The summed E-state index contributed by atoms with van der Waals surface area (Å²) in [5, 5.41) is 11.8. The summed E-state index contributed by atoms with van der Waals surface area (Å²) in [5.41, 5.74) is 0.0182. The second-order valence-corrected chi connectivity index (χ2v) is 4.39. The normalized spacial score (nSPS) is 10.5. The predicted octanol–water partition coefficient (Wildman–Crippen LogP) is 2.41. The summed E-state index contributed by atoms with van der Waals surface area (Å²) in [4.78, 5) is 18.5. The van der Waals surface area contributed by atoms with Crippen LogP contribution in [0.5, 0.6) is 0 Å². The number of aromatic nitrogens is 2. The molecule has 94 valence electrons. The van der Waals surface area contributed by atoms with Crippen LogP contribution in [0.3, 0.4) is 0 Å². The number of nitrogens with zero attached hydrogens (tertiary/aromatic N) is 2. The molecule has 5 heteroatoms. The van der Waals surface area contributed by atoms with Crippen LogP contribution >= 0.6 is 0 Å². The third kappa shape index (κ3) is 5.29. The smallest absolute Gasteiger partial charge is 0.354 e. The van der Waals surface area contributed by atoms with Gasteiger partial charge in [0.15, 0.2) is 5.69 Å².